The van der Waals surface area contributed by atoms with Crippen molar-refractivity contribution < 1.29 is 14.3 Å². The van der Waals surface area contributed by atoms with E-state index in [1.165, 1.54) is 0 Å². The fourth-order valence-corrected chi connectivity index (χ4v) is 2.01. The molecule has 0 radical (unpaired) electrons. The standard InChI is InChI=1S/C16H14BrClO3/c1-11(21-15-8-6-14(18)7-9-15)16(19)20-10-12-2-4-13(17)5-3-12/h2-9,11H,10H2,1H3/t11-/m1/s1. The van der Waals surface area contributed by atoms with Crippen LogP contribution in [0, 0.1) is 0 Å². The molecule has 0 bridgehead atoms. The van der Waals surface area contributed by atoms with E-state index in [4.69, 9.17) is 21.1 Å². The zero-order chi connectivity index (χ0) is 15.2. The Morgan fingerprint density at radius 1 is 1.14 bits per heavy atom. The molecule has 0 N–H and O–H groups in total. The quantitative estimate of drug-likeness (QED) is 0.722. The summed E-state index contributed by atoms with van der Waals surface area (Å²) in [6.45, 7) is 1.87. The largest absolute Gasteiger partial charge is 0.479 e. The fourth-order valence-electron chi connectivity index (χ4n) is 1.62. The van der Waals surface area contributed by atoms with Gasteiger partial charge in [-0.2, -0.15) is 0 Å². The molecule has 0 amide bonds. The van der Waals surface area contributed by atoms with Gasteiger partial charge in [0.1, 0.15) is 12.4 Å². The van der Waals surface area contributed by atoms with E-state index in [9.17, 15) is 4.79 Å². The third-order valence-electron chi connectivity index (χ3n) is 2.75. The van der Waals surface area contributed by atoms with E-state index in [-0.39, 0.29) is 6.61 Å². The van der Waals surface area contributed by atoms with Crippen molar-refractivity contribution in [2.45, 2.75) is 19.6 Å². The average molecular weight is 370 g/mol. The first-order chi connectivity index (χ1) is 10.0. The Bertz CT molecular complexity index is 596. The van der Waals surface area contributed by atoms with Crippen molar-refractivity contribution in [3.05, 3.63) is 63.6 Å². The number of benzene rings is 2. The Hall–Kier alpha value is -1.52. The Labute approximate surface area is 137 Å². The highest BCUT2D eigenvalue weighted by Crippen LogP contribution is 2.17. The summed E-state index contributed by atoms with van der Waals surface area (Å²) in [6.07, 6.45) is -0.679. The lowest BCUT2D eigenvalue weighted by Gasteiger charge is -2.14. The topological polar surface area (TPSA) is 35.5 Å². The second-order valence-corrected chi connectivity index (χ2v) is 5.80. The van der Waals surface area contributed by atoms with Gasteiger partial charge in [-0.1, -0.05) is 39.7 Å². The third kappa shape index (κ3) is 5.06. The predicted octanol–water partition coefficient (Wildman–Crippen LogP) is 4.61. The van der Waals surface area contributed by atoms with E-state index in [1.54, 1.807) is 31.2 Å². The van der Waals surface area contributed by atoms with Crippen LogP contribution >= 0.6 is 27.5 Å². The van der Waals surface area contributed by atoms with Gasteiger partial charge in [0.05, 0.1) is 0 Å². The minimum absolute atomic E-state index is 0.223. The summed E-state index contributed by atoms with van der Waals surface area (Å²) in [5.41, 5.74) is 0.922. The second kappa shape index (κ2) is 7.48. The van der Waals surface area contributed by atoms with Crippen molar-refractivity contribution in [2.75, 3.05) is 0 Å². The zero-order valence-electron chi connectivity index (χ0n) is 11.4. The molecule has 0 aliphatic rings. The molecule has 0 fully saturated rings. The molecule has 0 heterocycles. The normalized spacial score (nSPS) is 11.8. The van der Waals surface area contributed by atoms with Crippen molar-refractivity contribution >= 4 is 33.5 Å². The van der Waals surface area contributed by atoms with Crippen LogP contribution in [0.3, 0.4) is 0 Å². The van der Waals surface area contributed by atoms with Gasteiger partial charge >= 0.3 is 5.97 Å². The van der Waals surface area contributed by atoms with Gasteiger partial charge in [-0.05, 0) is 48.9 Å². The van der Waals surface area contributed by atoms with E-state index in [1.807, 2.05) is 24.3 Å². The first kappa shape index (κ1) is 15.9. The van der Waals surface area contributed by atoms with Gasteiger partial charge in [0.15, 0.2) is 6.10 Å². The SMILES string of the molecule is C[C@@H](Oc1ccc(Cl)cc1)C(=O)OCc1ccc(Br)cc1. The maximum absolute atomic E-state index is 11.9. The number of carbonyl (C=O) groups is 1. The Morgan fingerprint density at radius 2 is 1.76 bits per heavy atom. The molecule has 2 rings (SSSR count). The zero-order valence-corrected chi connectivity index (χ0v) is 13.7. The van der Waals surface area contributed by atoms with E-state index in [2.05, 4.69) is 15.9 Å². The van der Waals surface area contributed by atoms with Crippen molar-refractivity contribution in [2.24, 2.45) is 0 Å². The molecule has 5 heteroatoms. The maximum Gasteiger partial charge on any atom is 0.347 e. The number of hydrogen-bond acceptors (Lipinski definition) is 3. The highest BCUT2D eigenvalue weighted by atomic mass is 79.9. The van der Waals surface area contributed by atoms with Crippen LogP contribution in [0.5, 0.6) is 5.75 Å². The molecule has 2 aromatic carbocycles. The molecule has 3 nitrogen and oxygen atoms in total. The van der Waals surface area contributed by atoms with Gasteiger partial charge in [0.25, 0.3) is 0 Å². The van der Waals surface area contributed by atoms with Crippen LogP contribution in [-0.2, 0) is 16.1 Å². The van der Waals surface area contributed by atoms with Crippen LogP contribution in [0.4, 0.5) is 0 Å². The van der Waals surface area contributed by atoms with Crippen molar-refractivity contribution in [3.63, 3.8) is 0 Å². The number of esters is 1. The predicted molar refractivity (Wildman–Crippen MR) is 85.5 cm³/mol. The van der Waals surface area contributed by atoms with Gasteiger partial charge in [0.2, 0.25) is 0 Å². The van der Waals surface area contributed by atoms with Crippen LogP contribution in [-0.4, -0.2) is 12.1 Å². The smallest absolute Gasteiger partial charge is 0.347 e. The summed E-state index contributed by atoms with van der Waals surface area (Å²) in [6, 6.07) is 14.4. The van der Waals surface area contributed by atoms with Gasteiger partial charge in [-0.25, -0.2) is 4.79 Å². The molecule has 0 aliphatic heterocycles. The van der Waals surface area contributed by atoms with E-state index >= 15 is 0 Å². The molecule has 0 saturated carbocycles. The Balaban J connectivity index is 1.84. The first-order valence-corrected chi connectivity index (χ1v) is 7.55. The third-order valence-corrected chi connectivity index (χ3v) is 3.53. The van der Waals surface area contributed by atoms with E-state index < -0.39 is 12.1 Å². The number of ether oxygens (including phenoxy) is 2. The summed E-state index contributed by atoms with van der Waals surface area (Å²) in [5.74, 6) is 0.167. The van der Waals surface area contributed by atoms with Crippen molar-refractivity contribution in [1.82, 2.24) is 0 Å². The molecule has 2 aromatic rings. The highest BCUT2D eigenvalue weighted by Gasteiger charge is 2.16. The van der Waals surface area contributed by atoms with Gasteiger partial charge in [-0.3, -0.25) is 0 Å². The molecular weight excluding hydrogens is 356 g/mol. The van der Waals surface area contributed by atoms with E-state index in [0.29, 0.717) is 10.8 Å². The molecule has 110 valence electrons. The summed E-state index contributed by atoms with van der Waals surface area (Å²) >= 11 is 9.14. The van der Waals surface area contributed by atoms with Crippen LogP contribution in [0.25, 0.3) is 0 Å². The first-order valence-electron chi connectivity index (χ1n) is 6.38. The fraction of sp³-hybridized carbons (Fsp3) is 0.188. The van der Waals surface area contributed by atoms with Crippen molar-refractivity contribution in [1.29, 1.82) is 0 Å². The average Bonchev–Trinajstić information content (AvgIpc) is 2.48. The molecule has 21 heavy (non-hydrogen) atoms. The maximum atomic E-state index is 11.9. The number of carbonyl (C=O) groups excluding carboxylic acids is 1. The van der Waals surface area contributed by atoms with Crippen molar-refractivity contribution in [3.8, 4) is 5.75 Å². The Kier molecular flexibility index (Phi) is 5.65. The Morgan fingerprint density at radius 3 is 2.38 bits per heavy atom. The van der Waals surface area contributed by atoms with Crippen LogP contribution in [0.2, 0.25) is 5.02 Å². The summed E-state index contributed by atoms with van der Waals surface area (Å²) < 4.78 is 11.7. The summed E-state index contributed by atoms with van der Waals surface area (Å²) in [7, 11) is 0. The summed E-state index contributed by atoms with van der Waals surface area (Å²) in [5, 5.41) is 0.618. The molecular formula is C16H14BrClO3. The van der Waals surface area contributed by atoms with E-state index in [0.717, 1.165) is 10.0 Å². The second-order valence-electron chi connectivity index (χ2n) is 4.45. The lowest BCUT2D eigenvalue weighted by Crippen LogP contribution is -2.26. The van der Waals surface area contributed by atoms with Crippen LogP contribution < -0.4 is 4.74 Å². The van der Waals surface area contributed by atoms with Crippen LogP contribution in [0.15, 0.2) is 53.0 Å². The van der Waals surface area contributed by atoms with Crippen LogP contribution in [0.1, 0.15) is 12.5 Å². The monoisotopic (exact) mass is 368 g/mol. The number of halogens is 2. The number of rotatable bonds is 5. The van der Waals surface area contributed by atoms with Gasteiger partial charge in [0, 0.05) is 9.50 Å². The highest BCUT2D eigenvalue weighted by molar-refractivity contribution is 9.10. The summed E-state index contributed by atoms with van der Waals surface area (Å²) in [4.78, 5) is 11.9. The molecule has 0 aromatic heterocycles. The van der Waals surface area contributed by atoms with Gasteiger partial charge in [-0.15, -0.1) is 0 Å². The lowest BCUT2D eigenvalue weighted by molar-refractivity contribution is -0.152. The molecule has 0 aliphatic carbocycles. The minimum atomic E-state index is -0.679. The molecule has 0 saturated heterocycles. The molecule has 0 unspecified atom stereocenters. The minimum Gasteiger partial charge on any atom is -0.479 e. The van der Waals surface area contributed by atoms with Gasteiger partial charge < -0.3 is 9.47 Å². The number of hydrogen-bond donors (Lipinski definition) is 0. The molecule has 0 spiro atoms. The lowest BCUT2D eigenvalue weighted by atomic mass is 10.2. The molecule has 1 atom stereocenters.